The molecule has 3 aromatic carbocycles. The summed E-state index contributed by atoms with van der Waals surface area (Å²) in [6.45, 7) is 5.35. The molecule has 35 heavy (non-hydrogen) atoms. The molecule has 0 aliphatic carbocycles. The van der Waals surface area contributed by atoms with Crippen LogP contribution in [0.2, 0.25) is 0 Å². The van der Waals surface area contributed by atoms with Gasteiger partial charge in [-0.2, -0.15) is 4.72 Å². The van der Waals surface area contributed by atoms with Crippen LogP contribution in [0.5, 0.6) is 5.75 Å². The molecule has 4 rings (SSSR count). The van der Waals surface area contributed by atoms with Crippen LogP contribution >= 0.6 is 0 Å². The Hall–Kier alpha value is -3.75. The summed E-state index contributed by atoms with van der Waals surface area (Å²) in [5.41, 5.74) is 2.76. The van der Waals surface area contributed by atoms with Gasteiger partial charge < -0.3 is 9.15 Å². The average Bonchev–Trinajstić information content (AvgIpc) is 2.78. The van der Waals surface area contributed by atoms with E-state index in [1.165, 1.54) is 18.2 Å². The van der Waals surface area contributed by atoms with Gasteiger partial charge in [-0.1, -0.05) is 48.0 Å². The molecule has 1 atom stereocenters. The maximum atomic E-state index is 13.4. The van der Waals surface area contributed by atoms with E-state index in [0.29, 0.717) is 16.5 Å². The first-order valence-corrected chi connectivity index (χ1v) is 12.5. The Labute approximate surface area is 203 Å². The molecule has 7 nitrogen and oxygen atoms in total. The number of carbonyl (C=O) groups is 1. The zero-order chi connectivity index (χ0) is 25.2. The van der Waals surface area contributed by atoms with Crippen LogP contribution in [0.15, 0.2) is 86.9 Å². The standard InChI is InChI=1S/C27H25NO6S/c1-17-9-11-21(12-10-17)35(31,32)28-22(16-20-7-5-4-6-8-20)27(30)34-24-14-18(2)13-23-26(24)19(3)15-25(29)33-23/h4-15,22,28H,16H2,1-3H3. The van der Waals surface area contributed by atoms with E-state index in [2.05, 4.69) is 4.72 Å². The molecule has 0 radical (unpaired) electrons. The number of hydrogen-bond donors (Lipinski definition) is 1. The molecule has 0 amide bonds. The number of esters is 1. The Morgan fingerprint density at radius 3 is 2.31 bits per heavy atom. The number of aryl methyl sites for hydroxylation is 3. The second kappa shape index (κ2) is 9.85. The van der Waals surface area contributed by atoms with Crippen LogP contribution < -0.4 is 15.1 Å². The molecule has 8 heteroatoms. The third-order valence-corrected chi connectivity index (χ3v) is 7.04. The summed E-state index contributed by atoms with van der Waals surface area (Å²) in [5.74, 6) is -0.583. The highest BCUT2D eigenvalue weighted by atomic mass is 32.2. The molecular weight excluding hydrogens is 466 g/mol. The van der Waals surface area contributed by atoms with Crippen molar-refractivity contribution < 1.29 is 22.4 Å². The van der Waals surface area contributed by atoms with E-state index < -0.39 is 27.7 Å². The van der Waals surface area contributed by atoms with Gasteiger partial charge in [0.1, 0.15) is 17.4 Å². The van der Waals surface area contributed by atoms with E-state index in [4.69, 9.17) is 9.15 Å². The van der Waals surface area contributed by atoms with Gasteiger partial charge in [0.25, 0.3) is 0 Å². The lowest BCUT2D eigenvalue weighted by Gasteiger charge is -2.19. The molecule has 0 saturated carbocycles. The van der Waals surface area contributed by atoms with Gasteiger partial charge in [-0.05, 0) is 68.1 Å². The zero-order valence-corrected chi connectivity index (χ0v) is 20.4. The predicted octanol–water partition coefficient (Wildman–Crippen LogP) is 4.21. The van der Waals surface area contributed by atoms with Crippen molar-refractivity contribution in [2.45, 2.75) is 38.1 Å². The summed E-state index contributed by atoms with van der Waals surface area (Å²) in [4.78, 5) is 25.2. The molecule has 1 N–H and O–H groups in total. The summed E-state index contributed by atoms with van der Waals surface area (Å²) in [6, 6.07) is 18.9. The van der Waals surface area contributed by atoms with Gasteiger partial charge in [0.05, 0.1) is 10.3 Å². The van der Waals surface area contributed by atoms with Crippen molar-refractivity contribution in [2.75, 3.05) is 0 Å². The van der Waals surface area contributed by atoms with Gasteiger partial charge in [0, 0.05) is 6.07 Å². The molecule has 0 aliphatic heterocycles. The van der Waals surface area contributed by atoms with Gasteiger partial charge in [-0.3, -0.25) is 0 Å². The van der Waals surface area contributed by atoms with E-state index in [-0.39, 0.29) is 22.6 Å². The summed E-state index contributed by atoms with van der Waals surface area (Å²) >= 11 is 0. The minimum Gasteiger partial charge on any atom is -0.425 e. The lowest BCUT2D eigenvalue weighted by Crippen LogP contribution is -2.44. The van der Waals surface area contributed by atoms with E-state index in [1.807, 2.05) is 25.1 Å². The number of ether oxygens (including phenoxy) is 1. The largest absolute Gasteiger partial charge is 0.425 e. The van der Waals surface area contributed by atoms with Crippen LogP contribution in [0, 0.1) is 20.8 Å². The van der Waals surface area contributed by atoms with Crippen molar-refractivity contribution in [3.8, 4) is 5.75 Å². The Balaban J connectivity index is 1.70. The molecule has 0 aliphatic rings. The minimum absolute atomic E-state index is 0.0487. The molecule has 1 unspecified atom stereocenters. The molecule has 0 bridgehead atoms. The number of fused-ring (bicyclic) bond motifs is 1. The fraction of sp³-hybridized carbons (Fsp3) is 0.185. The zero-order valence-electron chi connectivity index (χ0n) is 19.6. The third-order valence-electron chi connectivity index (χ3n) is 5.56. The second-order valence-electron chi connectivity index (χ2n) is 8.48. The van der Waals surface area contributed by atoms with Gasteiger partial charge in [0.15, 0.2) is 0 Å². The fourth-order valence-corrected chi connectivity index (χ4v) is 5.02. The topological polar surface area (TPSA) is 103 Å². The van der Waals surface area contributed by atoms with Crippen molar-refractivity contribution in [2.24, 2.45) is 0 Å². The molecule has 4 aromatic rings. The molecule has 0 spiro atoms. The molecule has 1 heterocycles. The lowest BCUT2D eigenvalue weighted by atomic mass is 10.1. The van der Waals surface area contributed by atoms with Crippen molar-refractivity contribution in [3.05, 3.63) is 105 Å². The first-order valence-electron chi connectivity index (χ1n) is 11.0. The number of nitrogens with one attached hydrogen (secondary N) is 1. The van der Waals surface area contributed by atoms with Crippen LogP contribution in [0.3, 0.4) is 0 Å². The van der Waals surface area contributed by atoms with Gasteiger partial charge >= 0.3 is 11.6 Å². The maximum Gasteiger partial charge on any atom is 0.336 e. The van der Waals surface area contributed by atoms with Crippen molar-refractivity contribution >= 4 is 27.0 Å². The van der Waals surface area contributed by atoms with Crippen molar-refractivity contribution in [1.82, 2.24) is 4.72 Å². The number of hydrogen-bond acceptors (Lipinski definition) is 6. The van der Waals surface area contributed by atoms with Crippen LogP contribution in [-0.2, 0) is 21.2 Å². The number of benzene rings is 3. The van der Waals surface area contributed by atoms with Crippen molar-refractivity contribution in [3.63, 3.8) is 0 Å². The van der Waals surface area contributed by atoms with E-state index in [9.17, 15) is 18.0 Å². The Kier molecular flexibility index (Phi) is 6.86. The highest BCUT2D eigenvalue weighted by Crippen LogP contribution is 2.30. The SMILES string of the molecule is Cc1ccc(S(=O)(=O)NC(Cc2ccccc2)C(=O)Oc2cc(C)cc3oc(=O)cc(C)c23)cc1. The molecule has 0 saturated heterocycles. The van der Waals surface area contributed by atoms with Gasteiger partial charge in [0.2, 0.25) is 10.0 Å². The fourth-order valence-electron chi connectivity index (χ4n) is 3.83. The van der Waals surface area contributed by atoms with E-state index in [0.717, 1.165) is 11.1 Å². The first kappa shape index (κ1) is 24.4. The van der Waals surface area contributed by atoms with E-state index >= 15 is 0 Å². The van der Waals surface area contributed by atoms with Crippen LogP contribution in [0.25, 0.3) is 11.0 Å². The predicted molar refractivity (Wildman–Crippen MR) is 133 cm³/mol. The number of sulfonamides is 1. The monoisotopic (exact) mass is 491 g/mol. The smallest absolute Gasteiger partial charge is 0.336 e. The highest BCUT2D eigenvalue weighted by Gasteiger charge is 2.28. The summed E-state index contributed by atoms with van der Waals surface area (Å²) in [5, 5.41) is 0.475. The van der Waals surface area contributed by atoms with Crippen molar-refractivity contribution in [1.29, 1.82) is 0 Å². The minimum atomic E-state index is -4.01. The van der Waals surface area contributed by atoms with Crippen LogP contribution in [-0.4, -0.2) is 20.4 Å². The number of rotatable bonds is 7. The van der Waals surface area contributed by atoms with Gasteiger partial charge in [-0.25, -0.2) is 18.0 Å². The molecule has 180 valence electrons. The summed E-state index contributed by atoms with van der Waals surface area (Å²) in [6.07, 6.45) is 0.0859. The Morgan fingerprint density at radius 1 is 0.943 bits per heavy atom. The highest BCUT2D eigenvalue weighted by molar-refractivity contribution is 7.89. The number of carbonyl (C=O) groups excluding carboxylic acids is 1. The summed E-state index contributed by atoms with van der Waals surface area (Å²) in [7, 11) is -4.01. The van der Waals surface area contributed by atoms with Crippen LogP contribution in [0.4, 0.5) is 0 Å². The Bertz CT molecular complexity index is 1540. The molecular formula is C27H25NO6S. The van der Waals surface area contributed by atoms with E-state index in [1.54, 1.807) is 50.2 Å². The van der Waals surface area contributed by atoms with Gasteiger partial charge in [-0.15, -0.1) is 0 Å². The maximum absolute atomic E-state index is 13.4. The Morgan fingerprint density at radius 2 is 1.63 bits per heavy atom. The van der Waals surface area contributed by atoms with Crippen LogP contribution in [0.1, 0.15) is 22.3 Å². The third kappa shape index (κ3) is 5.67. The second-order valence-corrected chi connectivity index (χ2v) is 10.2. The normalized spacial score (nSPS) is 12.4. The molecule has 1 aromatic heterocycles. The quantitative estimate of drug-likeness (QED) is 0.236. The lowest BCUT2D eigenvalue weighted by molar-refractivity contribution is -0.136. The average molecular weight is 492 g/mol. The first-order chi connectivity index (χ1) is 16.6. The molecule has 0 fully saturated rings. The summed E-state index contributed by atoms with van der Waals surface area (Å²) < 4.78 is 39.7.